The number of amides is 1. The summed E-state index contributed by atoms with van der Waals surface area (Å²) in [5, 5.41) is 16.2. The molecule has 0 fully saturated rings. The fourth-order valence-electron chi connectivity index (χ4n) is 1.36. The standard InChI is InChI=1S/C11H16N4O3/c1-3-6-13-11(16)8(2)14-9-5-4-7-12-10(9)15(17)18/h4-5,7-8,14H,3,6H2,1-2H3,(H,13,16). The highest BCUT2D eigenvalue weighted by molar-refractivity contribution is 5.84. The molecule has 0 aliphatic rings. The van der Waals surface area contributed by atoms with E-state index in [0.29, 0.717) is 6.54 Å². The molecule has 7 nitrogen and oxygen atoms in total. The second-order valence-electron chi connectivity index (χ2n) is 3.79. The second kappa shape index (κ2) is 6.53. The minimum atomic E-state index is -0.584. The summed E-state index contributed by atoms with van der Waals surface area (Å²) in [7, 11) is 0. The molecule has 18 heavy (non-hydrogen) atoms. The lowest BCUT2D eigenvalue weighted by Crippen LogP contribution is -2.38. The van der Waals surface area contributed by atoms with Crippen LogP contribution >= 0.6 is 0 Å². The van der Waals surface area contributed by atoms with Crippen LogP contribution < -0.4 is 10.6 Å². The molecule has 1 aromatic rings. The van der Waals surface area contributed by atoms with Gasteiger partial charge >= 0.3 is 5.82 Å². The highest BCUT2D eigenvalue weighted by Crippen LogP contribution is 2.20. The second-order valence-corrected chi connectivity index (χ2v) is 3.79. The van der Waals surface area contributed by atoms with Gasteiger partial charge in [-0.15, -0.1) is 0 Å². The fourth-order valence-corrected chi connectivity index (χ4v) is 1.36. The number of carbonyl (C=O) groups is 1. The van der Waals surface area contributed by atoms with Crippen LogP contribution in [0.4, 0.5) is 11.5 Å². The van der Waals surface area contributed by atoms with Gasteiger partial charge in [-0.3, -0.25) is 4.79 Å². The molecule has 0 aromatic carbocycles. The van der Waals surface area contributed by atoms with Crippen LogP contribution in [-0.4, -0.2) is 28.4 Å². The normalized spacial score (nSPS) is 11.7. The maximum Gasteiger partial charge on any atom is 0.386 e. The van der Waals surface area contributed by atoms with E-state index in [4.69, 9.17) is 0 Å². The molecule has 2 N–H and O–H groups in total. The quantitative estimate of drug-likeness (QED) is 0.587. The van der Waals surface area contributed by atoms with Gasteiger partial charge in [0.15, 0.2) is 0 Å². The number of aromatic nitrogens is 1. The van der Waals surface area contributed by atoms with Crippen molar-refractivity contribution in [1.29, 1.82) is 0 Å². The molecule has 0 spiro atoms. The summed E-state index contributed by atoms with van der Waals surface area (Å²) >= 11 is 0. The Morgan fingerprint density at radius 1 is 1.61 bits per heavy atom. The topological polar surface area (TPSA) is 97.2 Å². The van der Waals surface area contributed by atoms with Gasteiger partial charge in [-0.05, 0) is 35.4 Å². The Balaban J connectivity index is 2.72. The zero-order chi connectivity index (χ0) is 13.5. The molecule has 0 aliphatic carbocycles. The summed E-state index contributed by atoms with van der Waals surface area (Å²) in [5.74, 6) is -0.484. The predicted octanol–water partition coefficient (Wildman–Crippen LogP) is 1.32. The minimum Gasteiger partial charge on any atom is -0.367 e. The summed E-state index contributed by atoms with van der Waals surface area (Å²) in [4.78, 5) is 25.4. The lowest BCUT2D eigenvalue weighted by Gasteiger charge is -2.14. The van der Waals surface area contributed by atoms with E-state index in [1.54, 1.807) is 13.0 Å². The maximum atomic E-state index is 11.6. The smallest absolute Gasteiger partial charge is 0.367 e. The lowest BCUT2D eigenvalue weighted by molar-refractivity contribution is -0.388. The number of hydrogen-bond acceptors (Lipinski definition) is 5. The summed E-state index contributed by atoms with van der Waals surface area (Å²) in [6, 6.07) is 2.54. The van der Waals surface area contributed by atoms with Crippen LogP contribution in [0.5, 0.6) is 0 Å². The monoisotopic (exact) mass is 252 g/mol. The molecule has 1 amide bonds. The highest BCUT2D eigenvalue weighted by Gasteiger charge is 2.19. The molecule has 0 bridgehead atoms. The van der Waals surface area contributed by atoms with E-state index in [0.717, 1.165) is 6.42 Å². The van der Waals surface area contributed by atoms with Crippen LogP contribution in [0.2, 0.25) is 0 Å². The summed E-state index contributed by atoms with van der Waals surface area (Å²) < 4.78 is 0. The number of nitrogens with one attached hydrogen (secondary N) is 2. The number of nitrogens with zero attached hydrogens (tertiary/aromatic N) is 2. The fraction of sp³-hybridized carbons (Fsp3) is 0.455. The lowest BCUT2D eigenvalue weighted by atomic mass is 10.2. The van der Waals surface area contributed by atoms with Crippen LogP contribution in [0.1, 0.15) is 20.3 Å². The van der Waals surface area contributed by atoms with E-state index < -0.39 is 11.0 Å². The molecular formula is C11H16N4O3. The van der Waals surface area contributed by atoms with E-state index >= 15 is 0 Å². The van der Waals surface area contributed by atoms with Crippen LogP contribution in [0.25, 0.3) is 0 Å². The predicted molar refractivity (Wildman–Crippen MR) is 67.3 cm³/mol. The Kier molecular flexibility index (Phi) is 5.04. The van der Waals surface area contributed by atoms with E-state index in [9.17, 15) is 14.9 Å². The summed E-state index contributed by atoms with van der Waals surface area (Å²) in [6.45, 7) is 4.17. The van der Waals surface area contributed by atoms with Crippen molar-refractivity contribution in [3.63, 3.8) is 0 Å². The largest absolute Gasteiger partial charge is 0.386 e. The molecule has 0 aliphatic heterocycles. The van der Waals surface area contributed by atoms with Gasteiger partial charge in [0.05, 0.1) is 0 Å². The van der Waals surface area contributed by atoms with Gasteiger partial charge in [-0.25, -0.2) is 0 Å². The molecule has 1 atom stereocenters. The Morgan fingerprint density at radius 3 is 2.94 bits per heavy atom. The number of anilines is 1. The molecule has 1 aromatic heterocycles. The first-order chi connectivity index (χ1) is 8.56. The first kappa shape index (κ1) is 13.9. The van der Waals surface area contributed by atoms with Crippen molar-refractivity contribution in [3.8, 4) is 0 Å². The minimum absolute atomic E-state index is 0.199. The number of hydrogen-bond donors (Lipinski definition) is 2. The average Bonchev–Trinajstić information content (AvgIpc) is 2.36. The van der Waals surface area contributed by atoms with Crippen LogP contribution in [-0.2, 0) is 4.79 Å². The Labute approximate surface area is 105 Å². The van der Waals surface area contributed by atoms with Gasteiger partial charge in [-0.2, -0.15) is 0 Å². The van der Waals surface area contributed by atoms with Crippen molar-refractivity contribution in [2.75, 3.05) is 11.9 Å². The number of carbonyl (C=O) groups excluding carboxylic acids is 1. The molecule has 1 unspecified atom stereocenters. The van der Waals surface area contributed by atoms with E-state index in [1.165, 1.54) is 12.3 Å². The highest BCUT2D eigenvalue weighted by atomic mass is 16.6. The number of pyridine rings is 1. The average molecular weight is 252 g/mol. The molecule has 7 heteroatoms. The number of nitro groups is 1. The van der Waals surface area contributed by atoms with Gasteiger partial charge in [0.1, 0.15) is 17.9 Å². The first-order valence-electron chi connectivity index (χ1n) is 5.70. The van der Waals surface area contributed by atoms with Gasteiger partial charge in [-0.1, -0.05) is 6.92 Å². The third-order valence-corrected chi connectivity index (χ3v) is 2.27. The van der Waals surface area contributed by atoms with E-state index in [2.05, 4.69) is 15.6 Å². The molecule has 0 radical (unpaired) electrons. The Bertz CT molecular complexity index is 436. The van der Waals surface area contributed by atoms with Crippen molar-refractivity contribution in [2.45, 2.75) is 26.3 Å². The van der Waals surface area contributed by atoms with Crippen molar-refractivity contribution in [2.24, 2.45) is 0 Å². The van der Waals surface area contributed by atoms with E-state index in [1.807, 2.05) is 6.92 Å². The third-order valence-electron chi connectivity index (χ3n) is 2.27. The summed E-state index contributed by atoms with van der Waals surface area (Å²) in [5.41, 5.74) is 0.238. The molecule has 98 valence electrons. The Hall–Kier alpha value is -2.18. The molecule has 0 saturated carbocycles. The van der Waals surface area contributed by atoms with Crippen LogP contribution in [0.15, 0.2) is 18.3 Å². The van der Waals surface area contributed by atoms with Crippen LogP contribution in [0.3, 0.4) is 0 Å². The van der Waals surface area contributed by atoms with Crippen molar-refractivity contribution >= 4 is 17.4 Å². The first-order valence-corrected chi connectivity index (χ1v) is 5.70. The SMILES string of the molecule is CCCNC(=O)C(C)Nc1cccnc1[N+](=O)[O-]. The van der Waals surface area contributed by atoms with Crippen molar-refractivity contribution in [1.82, 2.24) is 10.3 Å². The maximum absolute atomic E-state index is 11.6. The molecule has 1 heterocycles. The summed E-state index contributed by atoms with van der Waals surface area (Å²) in [6.07, 6.45) is 2.18. The van der Waals surface area contributed by atoms with E-state index in [-0.39, 0.29) is 17.4 Å². The number of rotatable bonds is 6. The molecular weight excluding hydrogens is 236 g/mol. The van der Waals surface area contributed by atoms with Crippen molar-refractivity contribution < 1.29 is 9.72 Å². The zero-order valence-corrected chi connectivity index (χ0v) is 10.3. The van der Waals surface area contributed by atoms with Gasteiger partial charge in [0.2, 0.25) is 5.91 Å². The zero-order valence-electron chi connectivity index (χ0n) is 10.3. The van der Waals surface area contributed by atoms with Gasteiger partial charge in [0, 0.05) is 6.54 Å². The molecule has 1 rings (SSSR count). The molecule has 0 saturated heterocycles. The van der Waals surface area contributed by atoms with Gasteiger partial charge < -0.3 is 20.7 Å². The van der Waals surface area contributed by atoms with Crippen LogP contribution in [0, 0.1) is 10.1 Å². The third kappa shape index (κ3) is 3.69. The van der Waals surface area contributed by atoms with Gasteiger partial charge in [0.25, 0.3) is 0 Å². The Morgan fingerprint density at radius 2 is 2.33 bits per heavy atom. The van der Waals surface area contributed by atoms with Crippen molar-refractivity contribution in [3.05, 3.63) is 28.4 Å².